The summed E-state index contributed by atoms with van der Waals surface area (Å²) in [4.78, 5) is 14.2. The Bertz CT molecular complexity index is 688. The number of hydrogen-bond acceptors (Lipinski definition) is 3. The van der Waals surface area contributed by atoms with Crippen molar-refractivity contribution in [2.24, 2.45) is 5.92 Å². The second-order valence-electron chi connectivity index (χ2n) is 6.56. The molecule has 2 aromatic rings. The normalized spacial score (nSPS) is 16.3. The smallest absolute Gasteiger partial charge is 0.317 e. The standard InChI is InChI=1S/C21H26N2O3/c1-25-19-9-7-17(8-10-19)15-22-21(24)23-13-11-18(16-23)12-14-26-20-5-3-2-4-6-20/h2-10,18H,11-16H2,1H3,(H,22,24). The third-order valence-electron chi connectivity index (χ3n) is 4.71. The van der Waals surface area contributed by atoms with Crippen molar-refractivity contribution in [3.63, 3.8) is 0 Å². The van der Waals surface area contributed by atoms with E-state index in [1.165, 1.54) is 0 Å². The molecule has 1 heterocycles. The molecule has 1 fully saturated rings. The van der Waals surface area contributed by atoms with E-state index >= 15 is 0 Å². The van der Waals surface area contributed by atoms with Gasteiger partial charge in [0, 0.05) is 19.6 Å². The van der Waals surface area contributed by atoms with E-state index in [0.29, 0.717) is 19.1 Å². The average Bonchev–Trinajstić information content (AvgIpc) is 3.16. The fourth-order valence-corrected chi connectivity index (χ4v) is 3.15. The zero-order valence-corrected chi connectivity index (χ0v) is 15.2. The van der Waals surface area contributed by atoms with E-state index in [1.54, 1.807) is 7.11 Å². The van der Waals surface area contributed by atoms with Gasteiger partial charge in [0.1, 0.15) is 11.5 Å². The average molecular weight is 354 g/mol. The van der Waals surface area contributed by atoms with E-state index in [9.17, 15) is 4.79 Å². The molecule has 5 heteroatoms. The van der Waals surface area contributed by atoms with Crippen LogP contribution < -0.4 is 14.8 Å². The molecule has 1 atom stereocenters. The summed E-state index contributed by atoms with van der Waals surface area (Å²) in [6, 6.07) is 17.6. The highest BCUT2D eigenvalue weighted by atomic mass is 16.5. The molecule has 1 aliphatic heterocycles. The monoisotopic (exact) mass is 354 g/mol. The Morgan fingerprint density at radius 3 is 2.62 bits per heavy atom. The van der Waals surface area contributed by atoms with E-state index in [2.05, 4.69) is 5.32 Å². The summed E-state index contributed by atoms with van der Waals surface area (Å²) in [5.74, 6) is 2.23. The van der Waals surface area contributed by atoms with Gasteiger partial charge in [0.15, 0.2) is 0 Å². The molecule has 2 aromatic carbocycles. The van der Waals surface area contributed by atoms with Gasteiger partial charge in [-0.2, -0.15) is 0 Å². The van der Waals surface area contributed by atoms with Crippen LogP contribution in [0.2, 0.25) is 0 Å². The van der Waals surface area contributed by atoms with Crippen LogP contribution in [-0.2, 0) is 6.54 Å². The number of rotatable bonds is 7. The molecule has 0 aromatic heterocycles. The number of amides is 2. The zero-order valence-electron chi connectivity index (χ0n) is 15.2. The lowest BCUT2D eigenvalue weighted by atomic mass is 10.1. The van der Waals surface area contributed by atoms with Gasteiger partial charge in [-0.05, 0) is 48.6 Å². The molecule has 26 heavy (non-hydrogen) atoms. The molecule has 0 spiro atoms. The number of methoxy groups -OCH3 is 1. The molecule has 5 nitrogen and oxygen atoms in total. The van der Waals surface area contributed by atoms with Crippen molar-refractivity contribution in [3.05, 3.63) is 60.2 Å². The third-order valence-corrected chi connectivity index (χ3v) is 4.71. The Morgan fingerprint density at radius 1 is 1.12 bits per heavy atom. The van der Waals surface area contributed by atoms with Crippen LogP contribution in [0, 0.1) is 5.92 Å². The van der Waals surface area contributed by atoms with E-state index in [4.69, 9.17) is 9.47 Å². The molecule has 1 unspecified atom stereocenters. The first-order valence-corrected chi connectivity index (χ1v) is 9.08. The first-order valence-electron chi connectivity index (χ1n) is 9.08. The Morgan fingerprint density at radius 2 is 1.88 bits per heavy atom. The summed E-state index contributed by atoms with van der Waals surface area (Å²) >= 11 is 0. The number of carbonyl (C=O) groups excluding carboxylic acids is 1. The van der Waals surface area contributed by atoms with Crippen molar-refractivity contribution in [2.45, 2.75) is 19.4 Å². The van der Waals surface area contributed by atoms with Crippen molar-refractivity contribution in [1.29, 1.82) is 0 Å². The maximum atomic E-state index is 12.3. The number of carbonyl (C=O) groups is 1. The molecule has 0 bridgehead atoms. The first kappa shape index (κ1) is 18.1. The van der Waals surface area contributed by atoms with Crippen LogP contribution in [-0.4, -0.2) is 37.7 Å². The van der Waals surface area contributed by atoms with Crippen LogP contribution in [0.1, 0.15) is 18.4 Å². The van der Waals surface area contributed by atoms with Crippen molar-refractivity contribution in [1.82, 2.24) is 10.2 Å². The lowest BCUT2D eigenvalue weighted by molar-refractivity contribution is 0.204. The number of urea groups is 1. The van der Waals surface area contributed by atoms with Crippen molar-refractivity contribution in [3.8, 4) is 11.5 Å². The number of ether oxygens (including phenoxy) is 2. The van der Waals surface area contributed by atoms with E-state index in [0.717, 1.165) is 43.0 Å². The third kappa shape index (κ3) is 5.15. The quantitative estimate of drug-likeness (QED) is 0.825. The number of likely N-dealkylation sites (tertiary alicyclic amines) is 1. The van der Waals surface area contributed by atoms with Gasteiger partial charge in [0.05, 0.1) is 13.7 Å². The molecule has 0 saturated carbocycles. The maximum absolute atomic E-state index is 12.3. The maximum Gasteiger partial charge on any atom is 0.317 e. The summed E-state index contributed by atoms with van der Waals surface area (Å²) in [5, 5.41) is 3.00. The molecule has 1 N–H and O–H groups in total. The summed E-state index contributed by atoms with van der Waals surface area (Å²) in [5.41, 5.74) is 1.06. The fraction of sp³-hybridized carbons (Fsp3) is 0.381. The van der Waals surface area contributed by atoms with Gasteiger partial charge in [0.2, 0.25) is 0 Å². The summed E-state index contributed by atoms with van der Waals surface area (Å²) in [7, 11) is 1.64. The number of benzene rings is 2. The Hall–Kier alpha value is -2.69. The zero-order chi connectivity index (χ0) is 18.2. The molecule has 2 amide bonds. The Kier molecular flexibility index (Phi) is 6.36. The summed E-state index contributed by atoms with van der Waals surface area (Å²) in [6.45, 7) is 2.83. The van der Waals surface area contributed by atoms with E-state index in [1.807, 2.05) is 59.5 Å². The summed E-state index contributed by atoms with van der Waals surface area (Å²) < 4.78 is 10.9. The van der Waals surface area contributed by atoms with Crippen LogP contribution in [0.15, 0.2) is 54.6 Å². The lowest BCUT2D eigenvalue weighted by Gasteiger charge is -2.17. The molecule has 1 saturated heterocycles. The van der Waals surface area contributed by atoms with E-state index < -0.39 is 0 Å². The van der Waals surface area contributed by atoms with Gasteiger partial charge >= 0.3 is 6.03 Å². The van der Waals surface area contributed by atoms with Crippen molar-refractivity contribution < 1.29 is 14.3 Å². The minimum Gasteiger partial charge on any atom is -0.497 e. The Labute approximate surface area is 154 Å². The summed E-state index contributed by atoms with van der Waals surface area (Å²) in [6.07, 6.45) is 2.01. The molecular weight excluding hydrogens is 328 g/mol. The molecular formula is C21H26N2O3. The van der Waals surface area contributed by atoms with Gasteiger partial charge in [-0.3, -0.25) is 0 Å². The second-order valence-corrected chi connectivity index (χ2v) is 6.56. The Balaban J connectivity index is 1.36. The van der Waals surface area contributed by atoms with Crippen LogP contribution >= 0.6 is 0 Å². The van der Waals surface area contributed by atoms with Gasteiger partial charge in [0.25, 0.3) is 0 Å². The van der Waals surface area contributed by atoms with E-state index in [-0.39, 0.29) is 6.03 Å². The van der Waals surface area contributed by atoms with Crippen LogP contribution in [0.25, 0.3) is 0 Å². The number of nitrogens with one attached hydrogen (secondary N) is 1. The van der Waals surface area contributed by atoms with Crippen molar-refractivity contribution >= 4 is 6.03 Å². The van der Waals surface area contributed by atoms with Crippen LogP contribution in [0.4, 0.5) is 4.79 Å². The molecule has 138 valence electrons. The van der Waals surface area contributed by atoms with Crippen molar-refractivity contribution in [2.75, 3.05) is 26.8 Å². The highest BCUT2D eigenvalue weighted by Gasteiger charge is 2.25. The highest BCUT2D eigenvalue weighted by Crippen LogP contribution is 2.20. The van der Waals surface area contributed by atoms with Gasteiger partial charge in [-0.15, -0.1) is 0 Å². The molecule has 0 radical (unpaired) electrons. The lowest BCUT2D eigenvalue weighted by Crippen LogP contribution is -2.38. The number of para-hydroxylation sites is 1. The number of hydrogen-bond donors (Lipinski definition) is 1. The minimum atomic E-state index is 0.00676. The predicted octanol–water partition coefficient (Wildman–Crippen LogP) is 3.70. The largest absolute Gasteiger partial charge is 0.497 e. The highest BCUT2D eigenvalue weighted by molar-refractivity contribution is 5.74. The van der Waals surface area contributed by atoms with Crippen LogP contribution in [0.3, 0.4) is 0 Å². The molecule has 1 aliphatic rings. The fourth-order valence-electron chi connectivity index (χ4n) is 3.15. The second kappa shape index (κ2) is 9.13. The van der Waals surface area contributed by atoms with Crippen LogP contribution in [0.5, 0.6) is 11.5 Å². The first-order chi connectivity index (χ1) is 12.7. The van der Waals surface area contributed by atoms with Gasteiger partial charge < -0.3 is 19.7 Å². The van der Waals surface area contributed by atoms with Gasteiger partial charge in [-0.1, -0.05) is 30.3 Å². The minimum absolute atomic E-state index is 0.00676. The predicted molar refractivity (Wildman–Crippen MR) is 101 cm³/mol. The number of nitrogens with zero attached hydrogens (tertiary/aromatic N) is 1. The molecule has 0 aliphatic carbocycles. The topological polar surface area (TPSA) is 50.8 Å². The SMILES string of the molecule is COc1ccc(CNC(=O)N2CCC(CCOc3ccccc3)C2)cc1. The molecule has 3 rings (SSSR count). The van der Waals surface area contributed by atoms with Gasteiger partial charge in [-0.25, -0.2) is 4.79 Å².